The van der Waals surface area contributed by atoms with Crippen LogP contribution < -0.4 is 10.6 Å². The van der Waals surface area contributed by atoms with Crippen LogP contribution in [0, 0.1) is 5.82 Å². The summed E-state index contributed by atoms with van der Waals surface area (Å²) in [5.74, 6) is -2.13. The molecular formula is C33H30FN3O5S2. The highest BCUT2D eigenvalue weighted by atomic mass is 32.2. The van der Waals surface area contributed by atoms with Crippen LogP contribution in [0.1, 0.15) is 55.8 Å². The molecule has 1 unspecified atom stereocenters. The van der Waals surface area contributed by atoms with Crippen LogP contribution in [0.3, 0.4) is 0 Å². The quantitative estimate of drug-likeness (QED) is 0.158. The molecule has 11 heteroatoms. The number of amides is 3. The highest BCUT2D eigenvalue weighted by Crippen LogP contribution is 2.41. The lowest BCUT2D eigenvalue weighted by Gasteiger charge is -2.25. The number of halogens is 1. The van der Waals surface area contributed by atoms with Crippen molar-refractivity contribution in [1.82, 2.24) is 4.90 Å². The van der Waals surface area contributed by atoms with E-state index in [2.05, 4.69) is 10.6 Å². The van der Waals surface area contributed by atoms with Crippen LogP contribution in [0.2, 0.25) is 0 Å². The molecule has 2 N–H and O–H groups in total. The maximum absolute atomic E-state index is 14.1. The number of thiophene rings is 1. The highest BCUT2D eigenvalue weighted by Gasteiger charge is 2.32. The molecule has 226 valence electrons. The van der Waals surface area contributed by atoms with Gasteiger partial charge in [-0.15, -0.1) is 23.1 Å². The second-order valence-electron chi connectivity index (χ2n) is 9.98. The van der Waals surface area contributed by atoms with Gasteiger partial charge in [-0.3, -0.25) is 14.4 Å². The molecule has 0 radical (unpaired) electrons. The SMILES string of the molecule is CCOC(=O)c1c(NC(=O)C(Sc2cccc(NC(=O)c3ccccc3F)c2)c2ccccc2)sc2c1CCN(C(C)=O)C2. The van der Waals surface area contributed by atoms with Crippen molar-refractivity contribution >= 4 is 57.5 Å². The molecule has 1 aliphatic rings. The van der Waals surface area contributed by atoms with Crippen molar-refractivity contribution in [2.75, 3.05) is 23.8 Å². The van der Waals surface area contributed by atoms with Gasteiger partial charge in [-0.25, -0.2) is 9.18 Å². The zero-order chi connectivity index (χ0) is 31.2. The third-order valence-electron chi connectivity index (χ3n) is 7.02. The van der Waals surface area contributed by atoms with Gasteiger partial charge in [0.1, 0.15) is 16.1 Å². The summed E-state index contributed by atoms with van der Waals surface area (Å²) in [7, 11) is 0. The Bertz CT molecular complexity index is 1710. The van der Waals surface area contributed by atoms with E-state index < -0.39 is 22.9 Å². The number of esters is 1. The van der Waals surface area contributed by atoms with Gasteiger partial charge >= 0.3 is 5.97 Å². The van der Waals surface area contributed by atoms with E-state index in [0.717, 1.165) is 16.0 Å². The van der Waals surface area contributed by atoms with E-state index >= 15 is 0 Å². The number of anilines is 2. The van der Waals surface area contributed by atoms with Crippen molar-refractivity contribution in [2.24, 2.45) is 0 Å². The first kappa shape index (κ1) is 31.0. The molecule has 8 nitrogen and oxygen atoms in total. The van der Waals surface area contributed by atoms with Crippen LogP contribution in [0.5, 0.6) is 0 Å². The van der Waals surface area contributed by atoms with Crippen LogP contribution >= 0.6 is 23.1 Å². The first-order valence-electron chi connectivity index (χ1n) is 14.0. The third kappa shape index (κ3) is 7.00. The predicted molar refractivity (Wildman–Crippen MR) is 170 cm³/mol. The second kappa shape index (κ2) is 13.9. The van der Waals surface area contributed by atoms with Crippen molar-refractivity contribution in [3.63, 3.8) is 0 Å². The van der Waals surface area contributed by atoms with Gasteiger partial charge < -0.3 is 20.3 Å². The topological polar surface area (TPSA) is 105 Å². The van der Waals surface area contributed by atoms with Crippen molar-refractivity contribution in [3.05, 3.63) is 112 Å². The zero-order valence-corrected chi connectivity index (χ0v) is 25.7. The Morgan fingerprint density at radius 1 is 1.00 bits per heavy atom. The second-order valence-corrected chi connectivity index (χ2v) is 12.3. The molecule has 0 aliphatic carbocycles. The number of hydrogen-bond donors (Lipinski definition) is 2. The van der Waals surface area contributed by atoms with Gasteiger partial charge in [0.05, 0.1) is 24.3 Å². The first-order chi connectivity index (χ1) is 21.2. The smallest absolute Gasteiger partial charge is 0.341 e. The van der Waals surface area contributed by atoms with E-state index in [1.807, 2.05) is 36.4 Å². The summed E-state index contributed by atoms with van der Waals surface area (Å²) in [4.78, 5) is 55.0. The summed E-state index contributed by atoms with van der Waals surface area (Å²) < 4.78 is 19.5. The molecule has 0 saturated carbocycles. The fourth-order valence-corrected chi connectivity index (χ4v) is 7.22. The van der Waals surface area contributed by atoms with Gasteiger partial charge in [0.25, 0.3) is 5.91 Å². The largest absolute Gasteiger partial charge is 0.462 e. The summed E-state index contributed by atoms with van der Waals surface area (Å²) in [6, 6.07) is 21.9. The molecule has 1 aliphatic heterocycles. The number of rotatable bonds is 9. The fourth-order valence-electron chi connectivity index (χ4n) is 4.88. The Morgan fingerprint density at radius 3 is 2.48 bits per heavy atom. The molecule has 2 heterocycles. The van der Waals surface area contributed by atoms with Crippen LogP contribution in [-0.4, -0.2) is 41.7 Å². The number of carbonyl (C=O) groups excluding carboxylic acids is 4. The minimum absolute atomic E-state index is 0.0554. The summed E-state index contributed by atoms with van der Waals surface area (Å²) in [6.07, 6.45) is 0.484. The Balaban J connectivity index is 1.42. The average Bonchev–Trinajstić information content (AvgIpc) is 3.37. The Labute approximate surface area is 262 Å². The summed E-state index contributed by atoms with van der Waals surface area (Å²) in [5.41, 5.74) is 2.23. The van der Waals surface area contributed by atoms with Gasteiger partial charge in [-0.2, -0.15) is 0 Å². The molecule has 0 bridgehead atoms. The Kier molecular flexibility index (Phi) is 9.76. The van der Waals surface area contributed by atoms with Gasteiger partial charge in [-0.1, -0.05) is 48.5 Å². The van der Waals surface area contributed by atoms with E-state index in [4.69, 9.17) is 4.74 Å². The molecule has 1 aromatic heterocycles. The van der Waals surface area contributed by atoms with E-state index in [1.54, 1.807) is 36.1 Å². The molecule has 0 fully saturated rings. The van der Waals surface area contributed by atoms with Gasteiger partial charge in [0.2, 0.25) is 11.8 Å². The molecule has 1 atom stereocenters. The Morgan fingerprint density at radius 2 is 1.75 bits per heavy atom. The third-order valence-corrected chi connectivity index (χ3v) is 9.40. The number of ether oxygens (including phenoxy) is 1. The monoisotopic (exact) mass is 631 g/mol. The van der Waals surface area contributed by atoms with E-state index in [-0.39, 0.29) is 24.0 Å². The zero-order valence-electron chi connectivity index (χ0n) is 24.1. The fraction of sp³-hybridized carbons (Fsp3) is 0.212. The first-order valence-corrected chi connectivity index (χ1v) is 15.7. The molecule has 5 rings (SSSR count). The molecule has 4 aromatic rings. The Hall–Kier alpha value is -4.48. The molecule has 3 aromatic carbocycles. The molecule has 0 spiro atoms. The van der Waals surface area contributed by atoms with Crippen LogP contribution in [0.15, 0.2) is 83.8 Å². The maximum atomic E-state index is 14.1. The number of nitrogens with one attached hydrogen (secondary N) is 2. The number of nitrogens with zero attached hydrogens (tertiary/aromatic N) is 1. The van der Waals surface area contributed by atoms with Gasteiger partial charge in [-0.05, 0) is 54.8 Å². The highest BCUT2D eigenvalue weighted by molar-refractivity contribution is 8.00. The molecule has 44 heavy (non-hydrogen) atoms. The summed E-state index contributed by atoms with van der Waals surface area (Å²) >= 11 is 2.55. The minimum atomic E-state index is -0.725. The maximum Gasteiger partial charge on any atom is 0.341 e. The van der Waals surface area contributed by atoms with E-state index in [9.17, 15) is 23.6 Å². The lowest BCUT2D eigenvalue weighted by molar-refractivity contribution is -0.129. The summed E-state index contributed by atoms with van der Waals surface area (Å²) in [6.45, 7) is 4.25. The number of benzene rings is 3. The number of thioether (sulfide) groups is 1. The van der Waals surface area contributed by atoms with E-state index in [1.165, 1.54) is 48.2 Å². The lowest BCUT2D eigenvalue weighted by atomic mass is 10.0. The average molecular weight is 632 g/mol. The molecular weight excluding hydrogens is 602 g/mol. The summed E-state index contributed by atoms with van der Waals surface area (Å²) in [5, 5.41) is 5.37. The van der Waals surface area contributed by atoms with Crippen molar-refractivity contribution in [1.29, 1.82) is 0 Å². The lowest BCUT2D eigenvalue weighted by Crippen LogP contribution is -2.34. The number of hydrogen-bond acceptors (Lipinski definition) is 7. The van der Waals surface area contributed by atoms with Crippen molar-refractivity contribution in [3.8, 4) is 0 Å². The van der Waals surface area contributed by atoms with Crippen LogP contribution in [-0.2, 0) is 27.3 Å². The molecule has 0 saturated heterocycles. The van der Waals surface area contributed by atoms with Gasteiger partial charge in [0.15, 0.2) is 0 Å². The van der Waals surface area contributed by atoms with E-state index in [0.29, 0.717) is 40.7 Å². The normalized spacial score (nSPS) is 13.0. The van der Waals surface area contributed by atoms with Crippen LogP contribution in [0.25, 0.3) is 0 Å². The van der Waals surface area contributed by atoms with Crippen LogP contribution in [0.4, 0.5) is 15.1 Å². The van der Waals surface area contributed by atoms with Crippen molar-refractivity contribution < 1.29 is 28.3 Å². The minimum Gasteiger partial charge on any atom is -0.462 e. The van der Waals surface area contributed by atoms with Crippen molar-refractivity contribution in [2.45, 2.75) is 37.0 Å². The number of fused-ring (bicyclic) bond motifs is 1. The van der Waals surface area contributed by atoms with Gasteiger partial charge in [0, 0.05) is 28.9 Å². The standard InChI is InChI=1S/C33H30FN3O5S2/c1-3-42-33(41)28-25-16-17-37(20(2)38)19-27(25)44-32(28)36-31(40)29(21-10-5-4-6-11-21)43-23-13-9-12-22(18-23)35-30(39)24-14-7-8-15-26(24)34/h4-15,18,29H,3,16-17,19H2,1-2H3,(H,35,39)(H,36,40). The predicted octanol–water partition coefficient (Wildman–Crippen LogP) is 6.69. The molecule has 3 amide bonds. The number of carbonyl (C=O) groups is 4.